The summed E-state index contributed by atoms with van der Waals surface area (Å²) in [6.45, 7) is 3.44. The Labute approximate surface area is 125 Å². The van der Waals surface area contributed by atoms with Crippen molar-refractivity contribution in [2.24, 2.45) is 5.73 Å². The fourth-order valence-electron chi connectivity index (χ4n) is 3.11. The lowest BCUT2D eigenvalue weighted by Crippen LogP contribution is -2.40. The van der Waals surface area contributed by atoms with E-state index in [4.69, 9.17) is 19.9 Å². The van der Waals surface area contributed by atoms with Crippen LogP contribution in [0.15, 0.2) is 18.2 Å². The van der Waals surface area contributed by atoms with Crippen molar-refractivity contribution < 1.29 is 14.2 Å². The molecular formula is C16H22N2O3. The molecule has 1 unspecified atom stereocenters. The molecule has 5 heteroatoms. The molecule has 0 aliphatic carbocycles. The summed E-state index contributed by atoms with van der Waals surface area (Å²) in [5.74, 6) is 2.13. The lowest BCUT2D eigenvalue weighted by atomic mass is 9.97. The zero-order valence-corrected chi connectivity index (χ0v) is 12.6. The van der Waals surface area contributed by atoms with E-state index in [0.29, 0.717) is 18.0 Å². The topological polar surface area (TPSA) is 57.0 Å². The average molecular weight is 290 g/mol. The minimum absolute atomic E-state index is 0.276. The van der Waals surface area contributed by atoms with Gasteiger partial charge in [0.05, 0.1) is 14.2 Å². The summed E-state index contributed by atoms with van der Waals surface area (Å²) in [5.41, 5.74) is 6.40. The van der Waals surface area contributed by atoms with Crippen LogP contribution >= 0.6 is 0 Å². The molecule has 3 rings (SSSR count). The molecule has 1 saturated heterocycles. The Morgan fingerprint density at radius 2 is 2.19 bits per heavy atom. The van der Waals surface area contributed by atoms with E-state index in [-0.39, 0.29) is 5.60 Å². The van der Waals surface area contributed by atoms with Crippen LogP contribution in [0.4, 0.5) is 0 Å². The summed E-state index contributed by atoms with van der Waals surface area (Å²) in [7, 11) is 3.28. The van der Waals surface area contributed by atoms with Gasteiger partial charge in [-0.3, -0.25) is 4.90 Å². The molecule has 0 aromatic heterocycles. The maximum atomic E-state index is 6.35. The molecule has 2 heterocycles. The van der Waals surface area contributed by atoms with Crippen molar-refractivity contribution in [2.75, 3.05) is 40.4 Å². The van der Waals surface area contributed by atoms with Crippen LogP contribution in [0.3, 0.4) is 0 Å². The maximum Gasteiger partial charge on any atom is 0.203 e. The third-order valence-electron chi connectivity index (χ3n) is 4.19. The SMILES string of the molecule is COc1ccc2c(c1OC)OC1(C=C2)CCN(CCN)C1. The van der Waals surface area contributed by atoms with Crippen LogP contribution in [0.5, 0.6) is 17.2 Å². The smallest absolute Gasteiger partial charge is 0.203 e. The zero-order valence-electron chi connectivity index (χ0n) is 12.6. The van der Waals surface area contributed by atoms with Crippen molar-refractivity contribution >= 4 is 6.08 Å². The molecular weight excluding hydrogens is 268 g/mol. The molecule has 2 N–H and O–H groups in total. The molecule has 0 amide bonds. The van der Waals surface area contributed by atoms with E-state index < -0.39 is 0 Å². The molecule has 114 valence electrons. The van der Waals surface area contributed by atoms with Crippen LogP contribution < -0.4 is 19.9 Å². The quantitative estimate of drug-likeness (QED) is 0.911. The second-order valence-corrected chi connectivity index (χ2v) is 5.53. The van der Waals surface area contributed by atoms with Crippen molar-refractivity contribution in [1.82, 2.24) is 4.90 Å². The summed E-state index contributed by atoms with van der Waals surface area (Å²) in [6, 6.07) is 3.89. The van der Waals surface area contributed by atoms with Gasteiger partial charge in [-0.15, -0.1) is 0 Å². The number of methoxy groups -OCH3 is 2. The van der Waals surface area contributed by atoms with Gasteiger partial charge in [0.2, 0.25) is 5.75 Å². The number of nitrogens with zero attached hydrogens (tertiary/aromatic N) is 1. The van der Waals surface area contributed by atoms with Gasteiger partial charge in [0.25, 0.3) is 0 Å². The number of rotatable bonds is 4. The number of hydrogen-bond acceptors (Lipinski definition) is 5. The predicted molar refractivity (Wildman–Crippen MR) is 82.1 cm³/mol. The van der Waals surface area contributed by atoms with Gasteiger partial charge in [-0.1, -0.05) is 6.08 Å². The molecule has 0 saturated carbocycles. The Bertz CT molecular complexity index is 559. The van der Waals surface area contributed by atoms with Crippen molar-refractivity contribution in [3.63, 3.8) is 0 Å². The highest BCUT2D eigenvalue weighted by Gasteiger charge is 2.41. The first kappa shape index (κ1) is 14.2. The summed E-state index contributed by atoms with van der Waals surface area (Å²) in [6.07, 6.45) is 5.24. The van der Waals surface area contributed by atoms with Gasteiger partial charge in [0.1, 0.15) is 5.60 Å². The Morgan fingerprint density at radius 3 is 2.90 bits per heavy atom. The van der Waals surface area contributed by atoms with Crippen molar-refractivity contribution in [3.05, 3.63) is 23.8 Å². The Kier molecular flexibility index (Phi) is 3.78. The van der Waals surface area contributed by atoms with E-state index >= 15 is 0 Å². The second-order valence-electron chi connectivity index (χ2n) is 5.53. The second kappa shape index (κ2) is 5.58. The predicted octanol–water partition coefficient (Wildman–Crippen LogP) is 1.51. The normalized spacial score (nSPS) is 24.0. The van der Waals surface area contributed by atoms with E-state index in [0.717, 1.165) is 37.4 Å². The van der Waals surface area contributed by atoms with Crippen molar-refractivity contribution in [1.29, 1.82) is 0 Å². The lowest BCUT2D eigenvalue weighted by molar-refractivity contribution is 0.118. The van der Waals surface area contributed by atoms with Crippen molar-refractivity contribution in [3.8, 4) is 17.2 Å². The highest BCUT2D eigenvalue weighted by atomic mass is 16.5. The van der Waals surface area contributed by atoms with Gasteiger partial charge in [0.15, 0.2) is 11.5 Å². The van der Waals surface area contributed by atoms with E-state index in [1.54, 1.807) is 14.2 Å². The summed E-state index contributed by atoms with van der Waals surface area (Å²) in [5, 5.41) is 0. The van der Waals surface area contributed by atoms with E-state index in [2.05, 4.69) is 17.1 Å². The number of nitrogens with two attached hydrogens (primary N) is 1. The molecule has 5 nitrogen and oxygen atoms in total. The van der Waals surface area contributed by atoms with E-state index in [9.17, 15) is 0 Å². The molecule has 0 radical (unpaired) electrons. The molecule has 21 heavy (non-hydrogen) atoms. The Hall–Kier alpha value is -1.72. The number of benzene rings is 1. The molecule has 1 atom stereocenters. The number of hydrogen-bond donors (Lipinski definition) is 1. The first-order valence-corrected chi connectivity index (χ1v) is 7.27. The minimum atomic E-state index is -0.276. The lowest BCUT2D eigenvalue weighted by Gasteiger charge is -2.32. The summed E-state index contributed by atoms with van der Waals surface area (Å²) in [4.78, 5) is 2.34. The average Bonchev–Trinajstić information content (AvgIpc) is 2.89. The minimum Gasteiger partial charge on any atom is -0.493 e. The molecule has 1 spiro atoms. The van der Waals surface area contributed by atoms with Crippen LogP contribution in [0.25, 0.3) is 6.08 Å². The molecule has 2 aliphatic rings. The van der Waals surface area contributed by atoms with Gasteiger partial charge < -0.3 is 19.9 Å². The third kappa shape index (κ3) is 2.47. The van der Waals surface area contributed by atoms with Gasteiger partial charge in [0, 0.05) is 38.2 Å². The fraction of sp³-hybridized carbons (Fsp3) is 0.500. The standard InChI is InChI=1S/C16H22N2O3/c1-19-13-4-3-12-5-6-16(21-14(12)15(13)20-2)7-9-18(11-16)10-8-17/h3-6H,7-11,17H2,1-2H3. The van der Waals surface area contributed by atoms with E-state index in [1.807, 2.05) is 12.1 Å². The number of likely N-dealkylation sites (tertiary alicyclic amines) is 1. The van der Waals surface area contributed by atoms with Crippen LogP contribution in [0.2, 0.25) is 0 Å². The highest BCUT2D eigenvalue weighted by molar-refractivity contribution is 5.69. The van der Waals surface area contributed by atoms with Gasteiger partial charge in [-0.2, -0.15) is 0 Å². The van der Waals surface area contributed by atoms with Crippen LogP contribution in [-0.4, -0.2) is 50.9 Å². The highest BCUT2D eigenvalue weighted by Crippen LogP contribution is 2.46. The van der Waals surface area contributed by atoms with Crippen LogP contribution in [-0.2, 0) is 0 Å². The summed E-state index contributed by atoms with van der Waals surface area (Å²) < 4.78 is 17.2. The Morgan fingerprint density at radius 1 is 1.33 bits per heavy atom. The molecule has 2 aliphatic heterocycles. The molecule has 1 aromatic rings. The molecule has 1 fully saturated rings. The van der Waals surface area contributed by atoms with Gasteiger partial charge in [-0.25, -0.2) is 0 Å². The monoisotopic (exact) mass is 290 g/mol. The number of ether oxygens (including phenoxy) is 3. The van der Waals surface area contributed by atoms with Crippen LogP contribution in [0.1, 0.15) is 12.0 Å². The first-order chi connectivity index (χ1) is 10.2. The molecule has 0 bridgehead atoms. The summed E-state index contributed by atoms with van der Waals surface area (Å²) >= 11 is 0. The van der Waals surface area contributed by atoms with Crippen molar-refractivity contribution in [2.45, 2.75) is 12.0 Å². The maximum absolute atomic E-state index is 6.35. The fourth-order valence-corrected chi connectivity index (χ4v) is 3.11. The zero-order chi connectivity index (χ0) is 14.9. The van der Waals surface area contributed by atoms with Crippen LogP contribution in [0, 0.1) is 0 Å². The van der Waals surface area contributed by atoms with Gasteiger partial charge in [-0.05, 0) is 18.2 Å². The molecule has 1 aromatic carbocycles. The van der Waals surface area contributed by atoms with E-state index in [1.165, 1.54) is 0 Å². The first-order valence-electron chi connectivity index (χ1n) is 7.27. The van der Waals surface area contributed by atoms with Gasteiger partial charge >= 0.3 is 0 Å². The Balaban J connectivity index is 1.91. The largest absolute Gasteiger partial charge is 0.493 e. The number of fused-ring (bicyclic) bond motifs is 1. The third-order valence-corrected chi connectivity index (χ3v) is 4.19.